The molecule has 1 aromatic rings. The lowest BCUT2D eigenvalue weighted by molar-refractivity contribution is -0.129. The highest BCUT2D eigenvalue weighted by Gasteiger charge is 2.22. The molecule has 0 aliphatic carbocycles. The number of benzene rings is 1. The standard InChI is InChI=1S/C15H22Cl2N2O2S/c1-2-7-22-9-13(18)14(20)15(21)19-6-5-10-3-4-11(16)8-12(10)17/h3-4,8,13-14,20H,2,5-7,9,18H2,1H3,(H,19,21)/t13-,14+/m1/s1. The van der Waals surface area contributed by atoms with E-state index in [0.717, 1.165) is 17.7 Å². The van der Waals surface area contributed by atoms with Gasteiger partial charge in [-0.15, -0.1) is 0 Å². The lowest BCUT2D eigenvalue weighted by Crippen LogP contribution is -2.48. The number of hydrogen-bond donors (Lipinski definition) is 3. The summed E-state index contributed by atoms with van der Waals surface area (Å²) < 4.78 is 0. The van der Waals surface area contributed by atoms with E-state index in [9.17, 15) is 9.90 Å². The minimum absolute atomic E-state index is 0.381. The van der Waals surface area contributed by atoms with Gasteiger partial charge in [-0.05, 0) is 36.3 Å². The minimum atomic E-state index is -1.19. The van der Waals surface area contributed by atoms with E-state index >= 15 is 0 Å². The Hall–Kier alpha value is -0.460. The van der Waals surface area contributed by atoms with Crippen molar-refractivity contribution in [2.24, 2.45) is 5.73 Å². The van der Waals surface area contributed by atoms with Gasteiger partial charge in [0.05, 0.1) is 0 Å². The van der Waals surface area contributed by atoms with Crippen LogP contribution in [0.15, 0.2) is 18.2 Å². The third-order valence-electron chi connectivity index (χ3n) is 3.04. The highest BCUT2D eigenvalue weighted by molar-refractivity contribution is 7.99. The van der Waals surface area contributed by atoms with Gasteiger partial charge < -0.3 is 16.2 Å². The average molecular weight is 365 g/mol. The summed E-state index contributed by atoms with van der Waals surface area (Å²) in [6.45, 7) is 2.45. The Morgan fingerprint density at radius 3 is 2.82 bits per heavy atom. The first kappa shape index (κ1) is 19.6. The highest BCUT2D eigenvalue weighted by Crippen LogP contribution is 2.21. The number of nitrogens with one attached hydrogen (secondary N) is 1. The van der Waals surface area contributed by atoms with Gasteiger partial charge in [0.1, 0.15) is 6.10 Å². The van der Waals surface area contributed by atoms with E-state index in [4.69, 9.17) is 28.9 Å². The number of halogens is 2. The summed E-state index contributed by atoms with van der Waals surface area (Å²) in [6, 6.07) is 4.67. The first-order valence-electron chi connectivity index (χ1n) is 7.18. The van der Waals surface area contributed by atoms with Crippen LogP contribution in [0.3, 0.4) is 0 Å². The summed E-state index contributed by atoms with van der Waals surface area (Å²) in [6.07, 6.45) is 0.417. The fourth-order valence-electron chi connectivity index (χ4n) is 1.80. The van der Waals surface area contributed by atoms with Crippen molar-refractivity contribution in [2.45, 2.75) is 31.9 Å². The zero-order chi connectivity index (χ0) is 16.5. The number of aliphatic hydroxyl groups excluding tert-OH is 1. The van der Waals surface area contributed by atoms with Crippen molar-refractivity contribution in [3.8, 4) is 0 Å². The minimum Gasteiger partial charge on any atom is -0.382 e. The second-order valence-electron chi connectivity index (χ2n) is 4.96. The Balaban J connectivity index is 2.35. The quantitative estimate of drug-likeness (QED) is 0.588. The lowest BCUT2D eigenvalue weighted by Gasteiger charge is -2.18. The summed E-state index contributed by atoms with van der Waals surface area (Å²) in [5.41, 5.74) is 6.71. The molecule has 4 nitrogen and oxygen atoms in total. The van der Waals surface area contributed by atoms with Crippen LogP contribution in [0.2, 0.25) is 10.0 Å². The fourth-order valence-corrected chi connectivity index (χ4v) is 3.21. The number of carbonyl (C=O) groups is 1. The molecule has 0 fully saturated rings. The Bertz CT molecular complexity index is 489. The van der Waals surface area contributed by atoms with Gasteiger partial charge >= 0.3 is 0 Å². The molecule has 124 valence electrons. The topological polar surface area (TPSA) is 75.3 Å². The molecule has 0 spiro atoms. The van der Waals surface area contributed by atoms with Crippen LogP contribution in [0.25, 0.3) is 0 Å². The Labute approximate surface area is 145 Å². The number of carbonyl (C=O) groups excluding carboxylic acids is 1. The van der Waals surface area contributed by atoms with E-state index in [1.807, 2.05) is 6.07 Å². The molecule has 1 amide bonds. The smallest absolute Gasteiger partial charge is 0.250 e. The van der Waals surface area contributed by atoms with Crippen LogP contribution < -0.4 is 11.1 Å². The number of thioether (sulfide) groups is 1. The molecule has 1 aromatic carbocycles. The number of nitrogens with two attached hydrogens (primary N) is 1. The predicted molar refractivity (Wildman–Crippen MR) is 94.8 cm³/mol. The molecule has 7 heteroatoms. The molecule has 0 saturated heterocycles. The first-order chi connectivity index (χ1) is 10.5. The largest absolute Gasteiger partial charge is 0.382 e. The van der Waals surface area contributed by atoms with Crippen molar-refractivity contribution >= 4 is 40.9 Å². The fraction of sp³-hybridized carbons (Fsp3) is 0.533. The second kappa shape index (κ2) is 10.3. The summed E-state index contributed by atoms with van der Waals surface area (Å²) in [4.78, 5) is 11.8. The normalized spacial score (nSPS) is 13.7. The number of rotatable bonds is 9. The summed E-state index contributed by atoms with van der Waals surface area (Å²) in [5.74, 6) is 1.08. The maximum absolute atomic E-state index is 11.8. The van der Waals surface area contributed by atoms with Gasteiger partial charge in [0.15, 0.2) is 0 Å². The van der Waals surface area contributed by atoms with Crippen LogP contribution in [0.4, 0.5) is 0 Å². The molecule has 0 heterocycles. The number of aliphatic hydroxyl groups is 1. The van der Waals surface area contributed by atoms with Crippen molar-refractivity contribution in [3.05, 3.63) is 33.8 Å². The van der Waals surface area contributed by atoms with Gasteiger partial charge in [0.2, 0.25) is 0 Å². The van der Waals surface area contributed by atoms with Gasteiger partial charge in [-0.3, -0.25) is 4.79 Å². The Morgan fingerprint density at radius 2 is 2.18 bits per heavy atom. The summed E-state index contributed by atoms with van der Waals surface area (Å²) >= 11 is 13.5. The predicted octanol–water partition coefficient (Wildman–Crippen LogP) is 2.48. The molecule has 0 radical (unpaired) electrons. The van der Waals surface area contributed by atoms with Crippen LogP contribution in [0.1, 0.15) is 18.9 Å². The lowest BCUT2D eigenvalue weighted by atomic mass is 10.1. The highest BCUT2D eigenvalue weighted by atomic mass is 35.5. The van der Waals surface area contributed by atoms with Crippen LogP contribution in [0.5, 0.6) is 0 Å². The molecule has 0 aromatic heterocycles. The van der Waals surface area contributed by atoms with Crippen LogP contribution in [-0.4, -0.2) is 41.2 Å². The molecular weight excluding hydrogens is 343 g/mol. The maximum atomic E-state index is 11.8. The molecule has 4 N–H and O–H groups in total. The average Bonchev–Trinajstić information content (AvgIpc) is 2.48. The van der Waals surface area contributed by atoms with Gasteiger partial charge in [-0.25, -0.2) is 0 Å². The number of amides is 1. The summed E-state index contributed by atoms with van der Waals surface area (Å²) in [5, 5.41) is 13.7. The Kier molecular flexibility index (Phi) is 9.21. The third kappa shape index (κ3) is 6.75. The van der Waals surface area contributed by atoms with Crippen molar-refractivity contribution in [2.75, 3.05) is 18.1 Å². The molecule has 0 unspecified atom stereocenters. The van der Waals surface area contributed by atoms with Crippen molar-refractivity contribution in [1.82, 2.24) is 5.32 Å². The SMILES string of the molecule is CCCSC[C@@H](N)[C@H](O)C(=O)NCCc1ccc(Cl)cc1Cl. The molecule has 1 rings (SSSR count). The van der Waals surface area contributed by atoms with E-state index in [1.165, 1.54) is 0 Å². The van der Waals surface area contributed by atoms with Crippen molar-refractivity contribution in [3.63, 3.8) is 0 Å². The zero-order valence-corrected chi connectivity index (χ0v) is 14.8. The van der Waals surface area contributed by atoms with Crippen molar-refractivity contribution < 1.29 is 9.90 Å². The summed E-state index contributed by atoms with van der Waals surface area (Å²) in [7, 11) is 0. The van der Waals surface area contributed by atoms with E-state index in [0.29, 0.717) is 28.8 Å². The molecule has 0 bridgehead atoms. The van der Waals surface area contributed by atoms with Gasteiger partial charge in [-0.1, -0.05) is 36.2 Å². The molecule has 0 aliphatic heterocycles. The first-order valence-corrected chi connectivity index (χ1v) is 9.09. The monoisotopic (exact) mass is 364 g/mol. The molecule has 0 aliphatic rings. The zero-order valence-electron chi connectivity index (χ0n) is 12.5. The van der Waals surface area contributed by atoms with E-state index in [-0.39, 0.29) is 0 Å². The van der Waals surface area contributed by atoms with Crippen LogP contribution >= 0.6 is 35.0 Å². The third-order valence-corrected chi connectivity index (χ3v) is 4.95. The van der Waals surface area contributed by atoms with Crippen molar-refractivity contribution in [1.29, 1.82) is 0 Å². The second-order valence-corrected chi connectivity index (χ2v) is 6.95. The Morgan fingerprint density at radius 1 is 1.45 bits per heavy atom. The molecular formula is C15H22Cl2N2O2S. The molecule has 2 atom stereocenters. The van der Waals surface area contributed by atoms with Gasteiger partial charge in [-0.2, -0.15) is 11.8 Å². The molecule has 0 saturated carbocycles. The van der Waals surface area contributed by atoms with Crippen LogP contribution in [-0.2, 0) is 11.2 Å². The van der Waals surface area contributed by atoms with E-state index in [1.54, 1.807) is 23.9 Å². The van der Waals surface area contributed by atoms with Gasteiger partial charge in [0, 0.05) is 28.4 Å². The van der Waals surface area contributed by atoms with Gasteiger partial charge in [0.25, 0.3) is 5.91 Å². The molecule has 22 heavy (non-hydrogen) atoms. The number of hydrogen-bond acceptors (Lipinski definition) is 4. The van der Waals surface area contributed by atoms with E-state index < -0.39 is 18.1 Å². The van der Waals surface area contributed by atoms with Crippen LogP contribution in [0, 0.1) is 0 Å². The maximum Gasteiger partial charge on any atom is 0.250 e. The van der Waals surface area contributed by atoms with E-state index in [2.05, 4.69) is 12.2 Å².